The third kappa shape index (κ3) is 4.97. The Morgan fingerprint density at radius 3 is 2.34 bits per heavy atom. The highest BCUT2D eigenvalue weighted by atomic mass is 16.5. The molecule has 2 fully saturated rings. The lowest BCUT2D eigenvalue weighted by Gasteiger charge is -2.44. The number of anilines is 1. The predicted octanol–water partition coefficient (Wildman–Crippen LogP) is 3.17. The van der Waals surface area contributed by atoms with Crippen LogP contribution in [-0.2, 0) is 19.1 Å². The Balaban J connectivity index is 1.54. The van der Waals surface area contributed by atoms with Crippen LogP contribution in [0.2, 0.25) is 0 Å². The maximum Gasteiger partial charge on any atom is 0.249 e. The molecule has 1 unspecified atom stereocenters. The van der Waals surface area contributed by atoms with Crippen LogP contribution in [0, 0.1) is 17.3 Å². The largest absolute Gasteiger partial charge is 0.494 e. The maximum absolute atomic E-state index is 14.5. The smallest absolute Gasteiger partial charge is 0.249 e. The maximum atomic E-state index is 14.5. The summed E-state index contributed by atoms with van der Waals surface area (Å²) < 4.78 is 12.3. The molecular weight excluding hydrogens is 522 g/mol. The summed E-state index contributed by atoms with van der Waals surface area (Å²) in [4.78, 5) is 47.8. The third-order valence-corrected chi connectivity index (χ3v) is 8.65. The number of likely N-dealkylation sites (tertiary alicyclic amines) is 1. The number of amides is 3. The molecule has 1 N–H and O–H groups in total. The highest BCUT2D eigenvalue weighted by Crippen LogP contribution is 2.54. The van der Waals surface area contributed by atoms with E-state index in [2.05, 4.69) is 20.8 Å². The van der Waals surface area contributed by atoms with Gasteiger partial charge in [0, 0.05) is 30.9 Å². The van der Waals surface area contributed by atoms with Crippen molar-refractivity contribution in [2.75, 3.05) is 37.7 Å². The molecule has 1 aromatic carbocycles. The van der Waals surface area contributed by atoms with Gasteiger partial charge in [-0.1, -0.05) is 45.1 Å². The molecule has 1 aromatic rings. The molecule has 3 amide bonds. The lowest BCUT2D eigenvalue weighted by molar-refractivity contribution is -0.152. The molecule has 4 aliphatic heterocycles. The number of hydrogen-bond acceptors (Lipinski definition) is 6. The number of aliphatic hydroxyl groups is 1. The SMILES string of the molecule is CCOc1ccc(N2CC=C[C@H]3O[C@]45C=CCN(C(C)(C)CC(C)(C)C)C(=O)C4N(CCO)C(=O)[C@@H]5[C@H]3C2=O)cc1. The molecule has 9 heteroatoms. The zero-order valence-corrected chi connectivity index (χ0v) is 25.0. The topological polar surface area (TPSA) is 99.6 Å². The summed E-state index contributed by atoms with van der Waals surface area (Å²) in [6.45, 7) is 13.4. The summed E-state index contributed by atoms with van der Waals surface area (Å²) in [5.74, 6) is -1.77. The van der Waals surface area contributed by atoms with Crippen molar-refractivity contribution in [3.05, 3.63) is 48.6 Å². The molecule has 0 aliphatic carbocycles. The fourth-order valence-electron chi connectivity index (χ4n) is 7.54. The van der Waals surface area contributed by atoms with Crippen LogP contribution in [0.25, 0.3) is 0 Å². The second-order valence-electron chi connectivity index (χ2n) is 13.3. The van der Waals surface area contributed by atoms with E-state index in [1.165, 1.54) is 4.90 Å². The summed E-state index contributed by atoms with van der Waals surface area (Å²) in [7, 11) is 0. The summed E-state index contributed by atoms with van der Waals surface area (Å²) >= 11 is 0. The van der Waals surface area contributed by atoms with Crippen LogP contribution in [0.15, 0.2) is 48.6 Å². The monoisotopic (exact) mass is 565 g/mol. The van der Waals surface area contributed by atoms with Crippen molar-refractivity contribution >= 4 is 23.4 Å². The van der Waals surface area contributed by atoms with Gasteiger partial charge in [0.15, 0.2) is 0 Å². The van der Waals surface area contributed by atoms with Gasteiger partial charge in [-0.05, 0) is 56.9 Å². The first kappa shape index (κ1) is 29.3. The Labute approximate surface area is 242 Å². The Morgan fingerprint density at radius 1 is 1.00 bits per heavy atom. The molecular formula is C32H43N3O6. The molecule has 0 radical (unpaired) electrons. The van der Waals surface area contributed by atoms with Gasteiger partial charge < -0.3 is 29.3 Å². The van der Waals surface area contributed by atoms with E-state index in [1.54, 1.807) is 4.90 Å². The van der Waals surface area contributed by atoms with Gasteiger partial charge in [-0.15, -0.1) is 0 Å². The number of rotatable bonds is 7. The van der Waals surface area contributed by atoms with E-state index < -0.39 is 35.1 Å². The minimum absolute atomic E-state index is 0.0117. The number of β-amino-alcohol motifs (C(OH)–C–C–N with tert-alkyl or cyclic N) is 1. The van der Waals surface area contributed by atoms with Gasteiger partial charge in [0.2, 0.25) is 17.7 Å². The molecule has 0 bridgehead atoms. The molecule has 4 aliphatic rings. The summed E-state index contributed by atoms with van der Waals surface area (Å²) in [6.07, 6.45) is 7.60. The number of aliphatic hydroxyl groups excluding tert-OH is 1. The van der Waals surface area contributed by atoms with Crippen LogP contribution in [0.4, 0.5) is 5.69 Å². The Bertz CT molecular complexity index is 1250. The highest BCUT2D eigenvalue weighted by Gasteiger charge is 2.72. The second-order valence-corrected chi connectivity index (χ2v) is 13.3. The van der Waals surface area contributed by atoms with E-state index in [0.717, 1.165) is 6.42 Å². The van der Waals surface area contributed by atoms with E-state index in [-0.39, 0.29) is 36.3 Å². The zero-order valence-electron chi connectivity index (χ0n) is 25.0. The van der Waals surface area contributed by atoms with Gasteiger partial charge >= 0.3 is 0 Å². The number of hydrogen-bond donors (Lipinski definition) is 1. The quantitative estimate of drug-likeness (QED) is 0.510. The number of benzene rings is 1. The van der Waals surface area contributed by atoms with E-state index in [0.29, 0.717) is 31.1 Å². The Morgan fingerprint density at radius 2 is 1.71 bits per heavy atom. The van der Waals surface area contributed by atoms with Crippen LogP contribution < -0.4 is 9.64 Å². The molecule has 2 saturated heterocycles. The molecule has 0 saturated carbocycles. The minimum Gasteiger partial charge on any atom is -0.494 e. The Hall–Kier alpha value is -3.17. The molecule has 4 heterocycles. The van der Waals surface area contributed by atoms with Crippen molar-refractivity contribution in [3.63, 3.8) is 0 Å². The zero-order chi connectivity index (χ0) is 29.7. The highest BCUT2D eigenvalue weighted by molar-refractivity contribution is 6.04. The van der Waals surface area contributed by atoms with Crippen LogP contribution >= 0.6 is 0 Å². The number of fused-ring (bicyclic) bond motifs is 2. The van der Waals surface area contributed by atoms with Gasteiger partial charge in [-0.2, -0.15) is 0 Å². The van der Waals surface area contributed by atoms with Crippen molar-refractivity contribution in [2.45, 2.75) is 71.2 Å². The number of carbonyl (C=O) groups is 3. The first-order chi connectivity index (χ1) is 19.3. The van der Waals surface area contributed by atoms with Crippen molar-refractivity contribution in [1.82, 2.24) is 9.80 Å². The van der Waals surface area contributed by atoms with Gasteiger partial charge in [0.05, 0.1) is 31.2 Å². The summed E-state index contributed by atoms with van der Waals surface area (Å²) in [5, 5.41) is 9.94. The number of ether oxygens (including phenoxy) is 2. The van der Waals surface area contributed by atoms with Gasteiger partial charge in [0.25, 0.3) is 0 Å². The fourth-order valence-corrected chi connectivity index (χ4v) is 7.54. The van der Waals surface area contributed by atoms with Crippen molar-refractivity contribution in [2.24, 2.45) is 17.3 Å². The van der Waals surface area contributed by atoms with Gasteiger partial charge in [0.1, 0.15) is 17.4 Å². The normalized spacial score (nSPS) is 29.8. The first-order valence-corrected chi connectivity index (χ1v) is 14.6. The standard InChI is InChI=1S/C32H43N3O6/c1-7-40-22-13-11-21(12-14-22)33-16-8-10-23-24(27(33)37)25-28(38)34(18-19-36)26-29(39)35(17-9-15-32(25,26)41-23)31(5,6)20-30(2,3)4/h8-15,23-26,36H,7,16-20H2,1-6H3/t23-,24+,25+,26?,32+/m1/s1. The molecule has 0 aromatic heterocycles. The molecule has 222 valence electrons. The van der Waals surface area contributed by atoms with E-state index in [9.17, 15) is 19.5 Å². The lowest BCUT2D eigenvalue weighted by atomic mass is 9.77. The van der Waals surface area contributed by atoms with E-state index >= 15 is 0 Å². The second kappa shape index (κ2) is 10.6. The summed E-state index contributed by atoms with van der Waals surface area (Å²) in [6, 6.07) is 6.35. The molecule has 5 rings (SSSR count). The van der Waals surface area contributed by atoms with Gasteiger partial charge in [-0.3, -0.25) is 14.4 Å². The van der Waals surface area contributed by atoms with Crippen LogP contribution in [-0.4, -0.2) is 88.8 Å². The molecule has 5 atom stereocenters. The average Bonchev–Trinajstić information content (AvgIpc) is 3.18. The van der Waals surface area contributed by atoms with E-state index in [1.807, 2.05) is 74.2 Å². The van der Waals surface area contributed by atoms with Crippen LogP contribution in [0.1, 0.15) is 48.0 Å². The molecule has 9 nitrogen and oxygen atoms in total. The number of carbonyl (C=O) groups excluding carboxylic acids is 3. The first-order valence-electron chi connectivity index (χ1n) is 14.6. The number of nitrogens with zero attached hydrogens (tertiary/aromatic N) is 3. The predicted molar refractivity (Wildman–Crippen MR) is 155 cm³/mol. The van der Waals surface area contributed by atoms with Crippen molar-refractivity contribution < 1.29 is 29.0 Å². The minimum atomic E-state index is -1.31. The Kier molecular flexibility index (Phi) is 7.57. The van der Waals surface area contributed by atoms with Crippen molar-refractivity contribution in [1.29, 1.82) is 0 Å². The molecule has 1 spiro atoms. The summed E-state index contributed by atoms with van der Waals surface area (Å²) in [5.41, 5.74) is -1.15. The average molecular weight is 566 g/mol. The van der Waals surface area contributed by atoms with Crippen molar-refractivity contribution in [3.8, 4) is 5.75 Å². The van der Waals surface area contributed by atoms with E-state index in [4.69, 9.17) is 9.47 Å². The lowest BCUT2D eigenvalue weighted by Crippen LogP contribution is -2.60. The third-order valence-electron chi connectivity index (χ3n) is 8.65. The van der Waals surface area contributed by atoms with Gasteiger partial charge in [-0.25, -0.2) is 0 Å². The van der Waals surface area contributed by atoms with Crippen LogP contribution in [0.3, 0.4) is 0 Å². The fraction of sp³-hybridized carbons (Fsp3) is 0.594. The van der Waals surface area contributed by atoms with Crippen LogP contribution in [0.5, 0.6) is 5.75 Å². The molecule has 41 heavy (non-hydrogen) atoms.